The minimum atomic E-state index is -0.0354. The van der Waals surface area contributed by atoms with Gasteiger partial charge in [0.25, 0.3) is 0 Å². The molecule has 0 N–H and O–H groups in total. The summed E-state index contributed by atoms with van der Waals surface area (Å²) in [4.78, 5) is 0. The summed E-state index contributed by atoms with van der Waals surface area (Å²) in [5.41, 5.74) is 2.28. The van der Waals surface area contributed by atoms with Crippen molar-refractivity contribution in [3.05, 3.63) is 40.9 Å². The van der Waals surface area contributed by atoms with E-state index in [0.717, 1.165) is 22.4 Å². The Bertz CT molecular complexity index is 785. The molecule has 1 aliphatic heterocycles. The maximum atomic E-state index is 6.12. The molecule has 1 heterocycles. The summed E-state index contributed by atoms with van der Waals surface area (Å²) >= 11 is 0. The molecular weight excluding hydrogens is 270 g/mol. The summed E-state index contributed by atoms with van der Waals surface area (Å²) < 4.78 is 8.10. The summed E-state index contributed by atoms with van der Waals surface area (Å²) in [6.07, 6.45) is 10.9. The van der Waals surface area contributed by atoms with Gasteiger partial charge in [0.05, 0.1) is 6.07 Å². The molecule has 0 radical (unpaired) electrons. The molecule has 0 bridgehead atoms. The second kappa shape index (κ2) is 6.12. The van der Waals surface area contributed by atoms with Crippen LogP contribution in [0.1, 0.15) is 32.1 Å². The molecule has 2 nitrogen and oxygen atoms in total. The van der Waals surface area contributed by atoms with Gasteiger partial charge in [-0.1, -0.05) is 20.8 Å². The van der Waals surface area contributed by atoms with E-state index in [1.807, 2.05) is 16.7 Å². The van der Waals surface area contributed by atoms with E-state index >= 15 is 0 Å². The van der Waals surface area contributed by atoms with E-state index in [1.165, 1.54) is 5.56 Å². The molecule has 0 unspecified atom stereocenters. The van der Waals surface area contributed by atoms with E-state index < -0.39 is 0 Å². The Hall–Kier alpha value is -2.45. The van der Waals surface area contributed by atoms with E-state index in [4.69, 9.17) is 17.3 Å². The first-order valence-corrected chi connectivity index (χ1v) is 7.36. The van der Waals surface area contributed by atoms with Crippen LogP contribution in [0.5, 0.6) is 0 Å². The Balaban J connectivity index is 2.74. The van der Waals surface area contributed by atoms with Crippen molar-refractivity contribution in [2.24, 2.45) is 0 Å². The fourth-order valence-electron chi connectivity index (χ4n) is 2.37. The zero-order valence-corrected chi connectivity index (χ0v) is 13.7. The lowest BCUT2D eigenvalue weighted by atomic mass is 9.91. The summed E-state index contributed by atoms with van der Waals surface area (Å²) in [7, 11) is 0. The lowest BCUT2D eigenvalue weighted by molar-refractivity contribution is 0.403. The van der Waals surface area contributed by atoms with Crippen molar-refractivity contribution in [3.8, 4) is 36.0 Å². The average molecular weight is 292 g/mol. The van der Waals surface area contributed by atoms with Gasteiger partial charge in [-0.2, -0.15) is 0 Å². The third-order valence-electron chi connectivity index (χ3n) is 3.63. The minimum absolute atomic E-state index is 0.0354. The van der Waals surface area contributed by atoms with Crippen LogP contribution in [-0.4, -0.2) is 13.1 Å². The monoisotopic (exact) mass is 292 g/mol. The molecule has 0 aromatic heterocycles. The number of hydrogen-bond donors (Lipinski definition) is 0. The van der Waals surface area contributed by atoms with Crippen LogP contribution in [0.15, 0.2) is 28.7 Å². The summed E-state index contributed by atoms with van der Waals surface area (Å²) in [5, 5.41) is 0.984. The number of nitrogens with zero attached hydrogens (tertiary/aromatic N) is 1. The lowest BCUT2D eigenvalue weighted by Gasteiger charge is -2.20. The maximum absolute atomic E-state index is 6.12. The second-order valence-corrected chi connectivity index (χ2v) is 6.49. The smallest absolute Gasteiger partial charge is 0.205 e. The Morgan fingerprint density at radius 2 is 1.73 bits per heavy atom. The van der Waals surface area contributed by atoms with Crippen molar-refractivity contribution < 1.29 is 4.42 Å². The van der Waals surface area contributed by atoms with Crippen molar-refractivity contribution in [2.75, 3.05) is 13.1 Å². The van der Waals surface area contributed by atoms with Crippen molar-refractivity contribution in [2.45, 2.75) is 33.1 Å². The largest absolute Gasteiger partial charge is 0.460 e. The van der Waals surface area contributed by atoms with Gasteiger partial charge in [-0.25, -0.2) is 4.58 Å². The number of aryl methyl sites for hydroxylation is 1. The van der Waals surface area contributed by atoms with Gasteiger partial charge in [0.1, 0.15) is 11.5 Å². The highest BCUT2D eigenvalue weighted by atomic mass is 16.3. The quantitative estimate of drug-likeness (QED) is 0.614. The number of terminal acetylenes is 2. The Morgan fingerprint density at radius 1 is 1.09 bits per heavy atom. The zero-order valence-electron chi connectivity index (χ0n) is 13.7. The van der Waals surface area contributed by atoms with E-state index in [9.17, 15) is 0 Å². The topological polar surface area (TPSA) is 16.1 Å². The van der Waals surface area contributed by atoms with Gasteiger partial charge in [-0.05, 0) is 36.5 Å². The number of fused-ring (bicyclic) bond motifs is 1. The average Bonchev–Trinajstić information content (AvgIpc) is 2.45. The third-order valence-corrected chi connectivity index (χ3v) is 3.63. The van der Waals surface area contributed by atoms with Crippen molar-refractivity contribution in [1.29, 1.82) is 0 Å². The highest BCUT2D eigenvalue weighted by Crippen LogP contribution is 2.31. The first kappa shape index (κ1) is 15.9. The first-order valence-electron chi connectivity index (χ1n) is 7.36. The van der Waals surface area contributed by atoms with Crippen molar-refractivity contribution in [1.82, 2.24) is 4.58 Å². The first-order chi connectivity index (χ1) is 10.4. The number of benzene rings is 1. The van der Waals surface area contributed by atoms with Gasteiger partial charge in [-0.15, -0.1) is 12.8 Å². The molecule has 112 valence electrons. The molecule has 0 aromatic rings. The molecule has 0 amide bonds. The van der Waals surface area contributed by atoms with Crippen LogP contribution in [0, 0.1) is 31.6 Å². The molecule has 0 atom stereocenters. The highest BCUT2D eigenvalue weighted by molar-refractivity contribution is 5.63. The molecule has 0 fully saturated rings. The molecule has 0 aromatic carbocycles. The van der Waals surface area contributed by atoms with Gasteiger partial charge >= 0.3 is 0 Å². The van der Waals surface area contributed by atoms with Gasteiger partial charge in [0.2, 0.25) is 18.4 Å². The van der Waals surface area contributed by atoms with Crippen LogP contribution >= 0.6 is 0 Å². The second-order valence-electron chi connectivity index (χ2n) is 6.49. The van der Waals surface area contributed by atoms with Crippen LogP contribution in [0.4, 0.5) is 0 Å². The SMILES string of the molecule is C#CC[N+](CC#C)=c1ccc2c(C)cc(C(C)(C)C)oc-2c1. The Morgan fingerprint density at radius 3 is 2.27 bits per heavy atom. The normalized spacial score (nSPS) is 11.0. The number of hydrogen-bond acceptors (Lipinski definition) is 1. The van der Waals surface area contributed by atoms with E-state index in [0.29, 0.717) is 13.1 Å². The standard InChI is InChI=1S/C20H22NO/c1-7-11-21(12-8-2)16-9-10-17-15(3)13-19(20(4,5)6)22-18(17)14-16/h1-2,9-10,13-14H,11-12H2,3-6H3/q+1. The van der Waals surface area contributed by atoms with E-state index in [2.05, 4.69) is 51.7 Å². The molecule has 2 rings (SSSR count). The Kier molecular flexibility index (Phi) is 4.43. The molecular formula is C20H22NO+. The molecule has 0 spiro atoms. The molecule has 0 saturated heterocycles. The van der Waals surface area contributed by atoms with Crippen LogP contribution in [0.3, 0.4) is 0 Å². The molecule has 1 aliphatic carbocycles. The fraction of sp³-hybridized carbons (Fsp3) is 0.350. The van der Waals surface area contributed by atoms with Crippen LogP contribution in [-0.2, 0) is 5.41 Å². The van der Waals surface area contributed by atoms with Gasteiger partial charge in [0.15, 0.2) is 0 Å². The third kappa shape index (κ3) is 3.23. The molecule has 2 heteroatoms. The van der Waals surface area contributed by atoms with Crippen LogP contribution < -0.4 is 9.93 Å². The zero-order chi connectivity index (χ0) is 16.3. The van der Waals surface area contributed by atoms with Crippen molar-refractivity contribution >= 4 is 0 Å². The summed E-state index contributed by atoms with van der Waals surface area (Å²) in [5.74, 6) is 7.12. The van der Waals surface area contributed by atoms with Gasteiger partial charge < -0.3 is 4.42 Å². The van der Waals surface area contributed by atoms with Crippen LogP contribution in [0.2, 0.25) is 0 Å². The minimum Gasteiger partial charge on any atom is -0.460 e. The summed E-state index contributed by atoms with van der Waals surface area (Å²) in [6.45, 7) is 9.49. The maximum Gasteiger partial charge on any atom is 0.205 e. The lowest BCUT2D eigenvalue weighted by Crippen LogP contribution is -2.30. The fourth-order valence-corrected chi connectivity index (χ4v) is 2.37. The van der Waals surface area contributed by atoms with E-state index in [1.54, 1.807) is 0 Å². The Labute approximate surface area is 132 Å². The van der Waals surface area contributed by atoms with Gasteiger partial charge in [-0.3, -0.25) is 0 Å². The predicted molar refractivity (Wildman–Crippen MR) is 91.4 cm³/mol. The predicted octanol–water partition coefficient (Wildman–Crippen LogP) is 3.03. The molecule has 22 heavy (non-hydrogen) atoms. The summed E-state index contributed by atoms with van der Waals surface area (Å²) in [6, 6.07) is 8.24. The van der Waals surface area contributed by atoms with Gasteiger partial charge in [0, 0.05) is 17.0 Å². The molecule has 2 aliphatic rings. The van der Waals surface area contributed by atoms with E-state index in [-0.39, 0.29) is 5.41 Å². The number of rotatable bonds is 2. The van der Waals surface area contributed by atoms with Crippen molar-refractivity contribution in [3.63, 3.8) is 0 Å². The highest BCUT2D eigenvalue weighted by Gasteiger charge is 2.20. The molecule has 0 saturated carbocycles. The van der Waals surface area contributed by atoms with Crippen LogP contribution in [0.25, 0.3) is 11.3 Å².